The van der Waals surface area contributed by atoms with Gasteiger partial charge in [0.1, 0.15) is 5.56 Å². The van der Waals surface area contributed by atoms with Crippen molar-refractivity contribution in [3.63, 3.8) is 0 Å². The smallest absolute Gasteiger partial charge is 0.267 e. The number of hydrogen-bond donors (Lipinski definition) is 1. The summed E-state index contributed by atoms with van der Waals surface area (Å²) in [7, 11) is 0. The van der Waals surface area contributed by atoms with Crippen LogP contribution >= 0.6 is 11.8 Å². The lowest BCUT2D eigenvalue weighted by Gasteiger charge is -2.19. The number of aromatic nitrogens is 2. The molecule has 1 aromatic heterocycles. The number of rotatable bonds is 5. The van der Waals surface area contributed by atoms with E-state index in [9.17, 15) is 9.59 Å². The first-order valence-corrected chi connectivity index (χ1v) is 9.83. The van der Waals surface area contributed by atoms with Crippen molar-refractivity contribution in [3.05, 3.63) is 93.9 Å². The Kier molecular flexibility index (Phi) is 5.07. The summed E-state index contributed by atoms with van der Waals surface area (Å²) >= 11 is 1.54. The molecule has 2 heterocycles. The molecule has 0 radical (unpaired) electrons. The van der Waals surface area contributed by atoms with Gasteiger partial charge in [-0.1, -0.05) is 72.4 Å². The second kappa shape index (κ2) is 7.80. The molecular formula is C21H19N3O2S. The van der Waals surface area contributed by atoms with Gasteiger partial charge in [-0.05, 0) is 17.5 Å². The van der Waals surface area contributed by atoms with Gasteiger partial charge < -0.3 is 5.32 Å². The molecule has 1 amide bonds. The first kappa shape index (κ1) is 17.5. The third-order valence-corrected chi connectivity index (χ3v) is 5.56. The monoisotopic (exact) mass is 377 g/mol. The van der Waals surface area contributed by atoms with E-state index >= 15 is 0 Å². The van der Waals surface area contributed by atoms with E-state index in [4.69, 9.17) is 0 Å². The van der Waals surface area contributed by atoms with E-state index in [0.29, 0.717) is 18.1 Å². The van der Waals surface area contributed by atoms with Crippen LogP contribution in [0.25, 0.3) is 0 Å². The van der Waals surface area contributed by atoms with Gasteiger partial charge in [0.05, 0.1) is 6.04 Å². The number of nitrogens with zero attached hydrogens (tertiary/aromatic N) is 2. The molecule has 1 unspecified atom stereocenters. The maximum atomic E-state index is 12.9. The van der Waals surface area contributed by atoms with Crippen LogP contribution in [0.2, 0.25) is 0 Å². The molecule has 5 nitrogen and oxygen atoms in total. The molecule has 1 N–H and O–H groups in total. The lowest BCUT2D eigenvalue weighted by Crippen LogP contribution is -2.36. The number of hydrogen-bond acceptors (Lipinski definition) is 4. The molecule has 0 saturated heterocycles. The number of amides is 1. The summed E-state index contributed by atoms with van der Waals surface area (Å²) in [5, 5.41) is 3.71. The number of carbonyl (C=O) groups excluding carboxylic acids is 1. The molecule has 4 rings (SSSR count). The molecule has 0 saturated carbocycles. The van der Waals surface area contributed by atoms with E-state index in [1.165, 1.54) is 18.0 Å². The molecule has 3 aromatic rings. The van der Waals surface area contributed by atoms with E-state index in [0.717, 1.165) is 16.9 Å². The van der Waals surface area contributed by atoms with E-state index in [1.54, 1.807) is 4.57 Å². The van der Waals surface area contributed by atoms with Crippen molar-refractivity contribution < 1.29 is 4.79 Å². The van der Waals surface area contributed by atoms with Gasteiger partial charge in [0.15, 0.2) is 5.16 Å². The quantitative estimate of drug-likeness (QED) is 0.694. The fourth-order valence-corrected chi connectivity index (χ4v) is 4.11. The molecule has 0 bridgehead atoms. The molecule has 6 heteroatoms. The van der Waals surface area contributed by atoms with E-state index in [-0.39, 0.29) is 23.1 Å². The highest BCUT2D eigenvalue weighted by Gasteiger charge is 2.22. The van der Waals surface area contributed by atoms with Crippen LogP contribution in [0.3, 0.4) is 0 Å². The topological polar surface area (TPSA) is 64.0 Å². The molecule has 1 atom stereocenters. The Hall–Kier alpha value is -2.86. The number of nitrogens with one attached hydrogen (secondary N) is 1. The van der Waals surface area contributed by atoms with Crippen molar-refractivity contribution >= 4 is 17.7 Å². The lowest BCUT2D eigenvalue weighted by molar-refractivity contribution is 0.0933. The van der Waals surface area contributed by atoms with Crippen LogP contribution in [0.5, 0.6) is 0 Å². The molecule has 1 aliphatic rings. The minimum Gasteiger partial charge on any atom is -0.345 e. The van der Waals surface area contributed by atoms with E-state index < -0.39 is 0 Å². The maximum absolute atomic E-state index is 12.9. The van der Waals surface area contributed by atoms with E-state index in [1.807, 2.05) is 60.7 Å². The van der Waals surface area contributed by atoms with Crippen molar-refractivity contribution in [1.29, 1.82) is 0 Å². The van der Waals surface area contributed by atoms with Gasteiger partial charge in [0.2, 0.25) is 0 Å². The second-order valence-electron chi connectivity index (χ2n) is 6.39. The van der Waals surface area contributed by atoms with Crippen molar-refractivity contribution in [2.24, 2.45) is 0 Å². The van der Waals surface area contributed by atoms with Crippen molar-refractivity contribution in [1.82, 2.24) is 14.9 Å². The standard InChI is InChI=1S/C21H19N3O2S/c25-19(17-14-22-21-24(20(17)26)11-12-27-21)23-18(16-9-5-2-6-10-16)13-15-7-3-1-4-8-15/h1-10,14,18H,11-13H2,(H,23,25). The van der Waals surface area contributed by atoms with Crippen molar-refractivity contribution in [2.75, 3.05) is 5.75 Å². The van der Waals surface area contributed by atoms with Gasteiger partial charge in [-0.3, -0.25) is 14.2 Å². The van der Waals surface area contributed by atoms with Gasteiger partial charge in [-0.2, -0.15) is 0 Å². The highest BCUT2D eigenvalue weighted by atomic mass is 32.2. The van der Waals surface area contributed by atoms with Gasteiger partial charge in [0.25, 0.3) is 11.5 Å². The number of carbonyl (C=O) groups is 1. The number of fused-ring (bicyclic) bond motifs is 1. The Labute approximate surface area is 161 Å². The van der Waals surface area contributed by atoms with Crippen molar-refractivity contribution in [2.45, 2.75) is 24.2 Å². The van der Waals surface area contributed by atoms with Crippen LogP contribution in [-0.2, 0) is 13.0 Å². The Balaban J connectivity index is 1.62. The third-order valence-electron chi connectivity index (χ3n) is 4.59. The fraction of sp³-hybridized carbons (Fsp3) is 0.190. The Bertz CT molecular complexity index is 1000. The summed E-state index contributed by atoms with van der Waals surface area (Å²) in [5.74, 6) is 0.429. The minimum absolute atomic E-state index is 0.0928. The zero-order valence-corrected chi connectivity index (χ0v) is 15.5. The second-order valence-corrected chi connectivity index (χ2v) is 7.45. The lowest BCUT2D eigenvalue weighted by atomic mass is 9.98. The highest BCUT2D eigenvalue weighted by molar-refractivity contribution is 7.99. The third kappa shape index (κ3) is 3.80. The molecule has 0 aliphatic carbocycles. The molecule has 2 aromatic carbocycles. The summed E-state index contributed by atoms with van der Waals surface area (Å²) in [6, 6.07) is 19.6. The first-order chi connectivity index (χ1) is 13.2. The maximum Gasteiger partial charge on any atom is 0.267 e. The van der Waals surface area contributed by atoms with Gasteiger partial charge >= 0.3 is 0 Å². The summed E-state index contributed by atoms with van der Waals surface area (Å²) in [6.07, 6.45) is 2.04. The Morgan fingerprint density at radius 3 is 2.56 bits per heavy atom. The van der Waals surface area contributed by atoms with Crippen LogP contribution in [0.15, 0.2) is 76.8 Å². The summed E-state index contributed by atoms with van der Waals surface area (Å²) in [6.45, 7) is 0.596. The zero-order chi connectivity index (χ0) is 18.6. The summed E-state index contributed by atoms with van der Waals surface area (Å²) in [5.41, 5.74) is 1.94. The van der Waals surface area contributed by atoms with E-state index in [2.05, 4.69) is 10.3 Å². The normalized spacial score (nSPS) is 13.8. The van der Waals surface area contributed by atoms with Gasteiger partial charge in [-0.25, -0.2) is 4.98 Å². The predicted molar refractivity (Wildman–Crippen MR) is 106 cm³/mol. The number of benzene rings is 2. The minimum atomic E-state index is -0.385. The average molecular weight is 377 g/mol. The Morgan fingerprint density at radius 2 is 1.81 bits per heavy atom. The molecule has 136 valence electrons. The molecule has 0 spiro atoms. The average Bonchev–Trinajstić information content (AvgIpc) is 3.19. The first-order valence-electron chi connectivity index (χ1n) is 8.85. The van der Waals surface area contributed by atoms with Crippen LogP contribution in [0, 0.1) is 0 Å². The number of thioether (sulfide) groups is 1. The molecule has 27 heavy (non-hydrogen) atoms. The predicted octanol–water partition coefficient (Wildman–Crippen LogP) is 3.06. The fourth-order valence-electron chi connectivity index (χ4n) is 3.20. The van der Waals surface area contributed by atoms with Crippen LogP contribution in [-0.4, -0.2) is 21.2 Å². The van der Waals surface area contributed by atoms with Gasteiger partial charge in [-0.15, -0.1) is 0 Å². The summed E-state index contributed by atoms with van der Waals surface area (Å²) in [4.78, 5) is 29.8. The zero-order valence-electron chi connectivity index (χ0n) is 14.7. The molecular weight excluding hydrogens is 358 g/mol. The summed E-state index contributed by atoms with van der Waals surface area (Å²) < 4.78 is 1.58. The van der Waals surface area contributed by atoms with Crippen LogP contribution < -0.4 is 10.9 Å². The van der Waals surface area contributed by atoms with Crippen molar-refractivity contribution in [3.8, 4) is 0 Å². The SMILES string of the molecule is O=C(NC(Cc1ccccc1)c1ccccc1)c1cnc2n(c1=O)CCS2. The highest BCUT2D eigenvalue weighted by Crippen LogP contribution is 2.21. The van der Waals surface area contributed by atoms with Crippen LogP contribution in [0.1, 0.15) is 27.5 Å². The molecule has 0 fully saturated rings. The molecule has 1 aliphatic heterocycles. The van der Waals surface area contributed by atoms with Crippen LogP contribution in [0.4, 0.5) is 0 Å². The van der Waals surface area contributed by atoms with Gasteiger partial charge in [0, 0.05) is 18.5 Å². The Morgan fingerprint density at radius 1 is 1.11 bits per heavy atom. The largest absolute Gasteiger partial charge is 0.345 e.